The van der Waals surface area contributed by atoms with Crippen molar-refractivity contribution in [2.24, 2.45) is 0 Å². The van der Waals surface area contributed by atoms with E-state index in [1.165, 1.54) is 88.4 Å². The highest BCUT2D eigenvalue weighted by atomic mass is 15.0. The van der Waals surface area contributed by atoms with Crippen LogP contribution in [0.2, 0.25) is 0 Å². The van der Waals surface area contributed by atoms with E-state index in [2.05, 4.69) is 216 Å². The second-order valence-electron chi connectivity index (χ2n) is 15.1. The van der Waals surface area contributed by atoms with Gasteiger partial charge in [-0.2, -0.15) is 0 Å². The van der Waals surface area contributed by atoms with Gasteiger partial charge in [0, 0.05) is 28.9 Å². The quantitative estimate of drug-likeness (QED) is 0.166. The highest BCUT2D eigenvalue weighted by molar-refractivity contribution is 6.11. The maximum absolute atomic E-state index is 4.52. The summed E-state index contributed by atoms with van der Waals surface area (Å²) in [4.78, 5) is 4.52. The van der Waals surface area contributed by atoms with Crippen molar-refractivity contribution in [1.82, 2.24) is 9.55 Å². The molecule has 272 valence electrons. The molecule has 2 heteroatoms. The summed E-state index contributed by atoms with van der Waals surface area (Å²) in [5.74, 6) is 0. The molecule has 0 amide bonds. The van der Waals surface area contributed by atoms with Crippen LogP contribution in [0.3, 0.4) is 0 Å². The van der Waals surface area contributed by atoms with E-state index < -0.39 is 0 Å². The molecule has 2 aromatic heterocycles. The minimum absolute atomic E-state index is 0.824. The third-order valence-corrected chi connectivity index (χ3v) is 11.7. The zero-order valence-corrected chi connectivity index (χ0v) is 31.9. The zero-order valence-electron chi connectivity index (χ0n) is 31.9. The van der Waals surface area contributed by atoms with Gasteiger partial charge in [-0.15, -0.1) is 0 Å². The Morgan fingerprint density at radius 3 is 1.66 bits per heavy atom. The lowest BCUT2D eigenvalue weighted by Crippen LogP contribution is -1.98. The summed E-state index contributed by atoms with van der Waals surface area (Å²) < 4.78 is 2.33. The number of fused-ring (bicyclic) bond motifs is 5. The zero-order chi connectivity index (χ0) is 38.4. The minimum atomic E-state index is 0.824. The van der Waals surface area contributed by atoms with Gasteiger partial charge in [-0.1, -0.05) is 164 Å². The van der Waals surface area contributed by atoms with Gasteiger partial charge in [0.15, 0.2) is 0 Å². The first kappa shape index (κ1) is 33.8. The number of nitrogens with zero attached hydrogens (tertiary/aromatic N) is 2. The molecule has 10 aromatic rings. The molecule has 0 atom stereocenters. The third-order valence-electron chi connectivity index (χ3n) is 11.7. The first-order valence-corrected chi connectivity index (χ1v) is 20.0. The standard InChI is InChI=1S/C56H38N2/c1-4-14-39(15-5-1)55-47-24-10-11-25-48(47)56(40-16-6-2-7-17-40)50-30-27-38(26-29-49(50)55)41-18-12-19-42(34-41)43-20-13-21-44(35-43)45-28-31-53-51(36-45)52-37-57-33-32-54(52)58(53)46-22-8-3-9-23-46/h1-29,31-37H,30H2. The predicted molar refractivity (Wildman–Crippen MR) is 245 cm³/mol. The second kappa shape index (κ2) is 14.2. The fourth-order valence-corrected chi connectivity index (χ4v) is 9.08. The van der Waals surface area contributed by atoms with Gasteiger partial charge in [-0.3, -0.25) is 4.98 Å². The molecule has 0 bridgehead atoms. The molecule has 1 aliphatic carbocycles. The van der Waals surface area contributed by atoms with E-state index in [1.807, 2.05) is 12.4 Å². The summed E-state index contributed by atoms with van der Waals surface area (Å²) in [6.07, 6.45) is 11.8. The number of aromatic nitrogens is 2. The summed E-state index contributed by atoms with van der Waals surface area (Å²) in [7, 11) is 0. The number of hydrogen-bond donors (Lipinski definition) is 0. The molecule has 0 N–H and O–H groups in total. The van der Waals surface area contributed by atoms with Crippen LogP contribution in [0, 0.1) is 0 Å². The second-order valence-corrected chi connectivity index (χ2v) is 15.1. The van der Waals surface area contributed by atoms with E-state index in [-0.39, 0.29) is 0 Å². The van der Waals surface area contributed by atoms with Crippen LogP contribution in [0.15, 0.2) is 213 Å². The number of benzene rings is 8. The highest BCUT2D eigenvalue weighted by Crippen LogP contribution is 2.45. The maximum atomic E-state index is 4.52. The van der Waals surface area contributed by atoms with Crippen molar-refractivity contribution in [3.05, 3.63) is 229 Å². The predicted octanol–water partition coefficient (Wildman–Crippen LogP) is 14.7. The lowest BCUT2D eigenvalue weighted by molar-refractivity contribution is 1.17. The van der Waals surface area contributed by atoms with E-state index in [4.69, 9.17) is 0 Å². The molecule has 0 unspecified atom stereocenters. The van der Waals surface area contributed by atoms with Gasteiger partial charge in [0.2, 0.25) is 0 Å². The van der Waals surface area contributed by atoms with Crippen molar-refractivity contribution >= 4 is 44.2 Å². The van der Waals surface area contributed by atoms with Crippen LogP contribution in [-0.4, -0.2) is 9.55 Å². The van der Waals surface area contributed by atoms with E-state index in [0.29, 0.717) is 0 Å². The van der Waals surface area contributed by atoms with Gasteiger partial charge < -0.3 is 4.57 Å². The van der Waals surface area contributed by atoms with Crippen LogP contribution in [0.25, 0.3) is 94.4 Å². The number of pyridine rings is 1. The summed E-state index contributed by atoms with van der Waals surface area (Å²) in [5.41, 5.74) is 18.4. The van der Waals surface area contributed by atoms with Crippen LogP contribution in [-0.2, 0) is 6.42 Å². The average Bonchev–Trinajstić information content (AvgIpc) is 3.47. The van der Waals surface area contributed by atoms with Crippen molar-refractivity contribution in [2.75, 3.05) is 0 Å². The number of rotatable bonds is 6. The van der Waals surface area contributed by atoms with Gasteiger partial charge in [0.1, 0.15) is 0 Å². The fraction of sp³-hybridized carbons (Fsp3) is 0.0179. The molecule has 0 saturated carbocycles. The van der Waals surface area contributed by atoms with Crippen molar-refractivity contribution in [3.63, 3.8) is 0 Å². The molecule has 0 spiro atoms. The number of allylic oxidation sites excluding steroid dienone is 3. The van der Waals surface area contributed by atoms with Gasteiger partial charge in [-0.05, 0) is 126 Å². The molecule has 11 rings (SSSR count). The van der Waals surface area contributed by atoms with Crippen LogP contribution in [0.5, 0.6) is 0 Å². The van der Waals surface area contributed by atoms with Crippen molar-refractivity contribution in [2.45, 2.75) is 6.42 Å². The monoisotopic (exact) mass is 738 g/mol. The fourth-order valence-electron chi connectivity index (χ4n) is 9.08. The molecular formula is C56H38N2. The maximum Gasteiger partial charge on any atom is 0.0571 e. The lowest BCUT2D eigenvalue weighted by Gasteiger charge is -2.21. The van der Waals surface area contributed by atoms with Gasteiger partial charge in [-0.25, -0.2) is 0 Å². The highest BCUT2D eigenvalue weighted by Gasteiger charge is 2.21. The molecular weight excluding hydrogens is 701 g/mol. The largest absolute Gasteiger partial charge is 0.309 e. The van der Waals surface area contributed by atoms with Crippen molar-refractivity contribution < 1.29 is 0 Å². The van der Waals surface area contributed by atoms with E-state index in [0.717, 1.165) is 23.0 Å². The summed E-state index contributed by atoms with van der Waals surface area (Å²) in [6.45, 7) is 0. The smallest absolute Gasteiger partial charge is 0.0571 e. The first-order chi connectivity index (χ1) is 28.8. The van der Waals surface area contributed by atoms with E-state index >= 15 is 0 Å². The summed E-state index contributed by atoms with van der Waals surface area (Å²) in [5, 5.41) is 4.91. The van der Waals surface area contributed by atoms with Crippen molar-refractivity contribution in [1.29, 1.82) is 0 Å². The first-order valence-electron chi connectivity index (χ1n) is 20.0. The molecule has 2 nitrogen and oxygen atoms in total. The van der Waals surface area contributed by atoms with Gasteiger partial charge in [0.25, 0.3) is 0 Å². The van der Waals surface area contributed by atoms with E-state index in [1.54, 1.807) is 0 Å². The average molecular weight is 739 g/mol. The molecule has 0 saturated heterocycles. The topological polar surface area (TPSA) is 17.8 Å². The molecule has 2 heterocycles. The Hall–Kier alpha value is -7.55. The Kier molecular flexibility index (Phi) is 8.26. The van der Waals surface area contributed by atoms with Crippen LogP contribution in [0.4, 0.5) is 0 Å². The molecule has 8 aromatic carbocycles. The van der Waals surface area contributed by atoms with Crippen molar-refractivity contribution in [3.8, 4) is 50.2 Å². The van der Waals surface area contributed by atoms with Gasteiger partial charge in [0.05, 0.1) is 11.0 Å². The van der Waals surface area contributed by atoms with E-state index in [9.17, 15) is 0 Å². The Morgan fingerprint density at radius 2 is 0.948 bits per heavy atom. The minimum Gasteiger partial charge on any atom is -0.309 e. The molecule has 58 heavy (non-hydrogen) atoms. The Morgan fingerprint density at radius 1 is 0.397 bits per heavy atom. The molecule has 1 aliphatic rings. The Labute approximate surface area is 338 Å². The Bertz CT molecular complexity index is 3220. The molecule has 0 radical (unpaired) electrons. The van der Waals surface area contributed by atoms with Crippen LogP contribution < -0.4 is 0 Å². The SMILES string of the molecule is C1=Cc2c(c(-c3ccccc3)c3ccccc3c2-c2ccccc2)CC=C1c1cccc(-c2cccc(-c3ccc4c(c3)c3cnccc3n4-c3ccccc3)c2)c1. The lowest BCUT2D eigenvalue weighted by atomic mass is 9.83. The van der Waals surface area contributed by atoms with Gasteiger partial charge >= 0.3 is 0 Å². The number of hydrogen-bond acceptors (Lipinski definition) is 1. The summed E-state index contributed by atoms with van der Waals surface area (Å²) >= 11 is 0. The molecule has 0 fully saturated rings. The normalized spacial score (nSPS) is 12.4. The third kappa shape index (κ3) is 5.77. The number of para-hydroxylation sites is 1. The van der Waals surface area contributed by atoms with Crippen LogP contribution >= 0.6 is 0 Å². The molecule has 0 aliphatic heterocycles. The van der Waals surface area contributed by atoms with Crippen LogP contribution in [0.1, 0.15) is 16.7 Å². The Balaban J connectivity index is 0.988. The summed E-state index contributed by atoms with van der Waals surface area (Å²) in [6, 6.07) is 68.2.